The Bertz CT molecular complexity index is 961. The second-order valence-corrected chi connectivity index (χ2v) is 7.11. The van der Waals surface area contributed by atoms with Crippen LogP contribution in [0, 0.1) is 0 Å². The minimum atomic E-state index is -0.254. The number of hydrogen-bond donors (Lipinski definition) is 1. The van der Waals surface area contributed by atoms with Crippen LogP contribution in [0.25, 0.3) is 11.3 Å². The van der Waals surface area contributed by atoms with Gasteiger partial charge in [-0.1, -0.05) is 23.9 Å². The molecule has 1 aliphatic heterocycles. The predicted molar refractivity (Wildman–Crippen MR) is 106 cm³/mol. The molecule has 138 valence electrons. The average Bonchev–Trinajstić information content (AvgIpc) is 3.30. The van der Waals surface area contributed by atoms with Gasteiger partial charge >= 0.3 is 0 Å². The smallest absolute Gasteiger partial charge is 0.259 e. The largest absolute Gasteiger partial charge is 0.497 e. The molecule has 3 aromatic rings. The Balaban J connectivity index is 1.52. The number of anilines is 1. The topological polar surface area (TPSA) is 65.4 Å². The first kappa shape index (κ1) is 17.5. The zero-order valence-corrected chi connectivity index (χ0v) is 15.9. The van der Waals surface area contributed by atoms with E-state index in [1.54, 1.807) is 37.1 Å². The van der Waals surface area contributed by atoms with Gasteiger partial charge in [0.05, 0.1) is 25.5 Å². The number of amides is 1. The Morgan fingerprint density at radius 1 is 1.15 bits per heavy atom. The van der Waals surface area contributed by atoms with Crippen molar-refractivity contribution in [3.8, 4) is 22.8 Å². The number of nitrogens with one attached hydrogen (secondary N) is 1. The lowest BCUT2D eigenvalue weighted by molar-refractivity contribution is 0.102. The Morgan fingerprint density at radius 3 is 2.67 bits per heavy atom. The van der Waals surface area contributed by atoms with E-state index in [0.29, 0.717) is 22.7 Å². The number of carbonyl (C=O) groups is 1. The van der Waals surface area contributed by atoms with Crippen LogP contribution in [0.3, 0.4) is 0 Å². The molecule has 27 heavy (non-hydrogen) atoms. The monoisotopic (exact) mass is 381 g/mol. The van der Waals surface area contributed by atoms with Crippen molar-refractivity contribution < 1.29 is 14.3 Å². The summed E-state index contributed by atoms with van der Waals surface area (Å²) in [4.78, 5) is 17.3. The maximum Gasteiger partial charge on any atom is 0.259 e. The summed E-state index contributed by atoms with van der Waals surface area (Å²) in [5.74, 6) is 1.93. The highest BCUT2D eigenvalue weighted by Gasteiger charge is 2.16. The second-order valence-electron chi connectivity index (χ2n) is 6.05. The van der Waals surface area contributed by atoms with Crippen molar-refractivity contribution in [2.45, 2.75) is 11.7 Å². The van der Waals surface area contributed by atoms with E-state index in [-0.39, 0.29) is 5.91 Å². The van der Waals surface area contributed by atoms with Crippen molar-refractivity contribution in [1.29, 1.82) is 0 Å². The zero-order chi connectivity index (χ0) is 18.8. The molecule has 0 aliphatic carbocycles. The maximum absolute atomic E-state index is 12.6. The summed E-state index contributed by atoms with van der Waals surface area (Å²) in [5.41, 5.74) is 3.09. The normalized spacial score (nSPS) is 12.5. The molecule has 0 atom stereocenters. The Labute approximate surface area is 161 Å². The Kier molecular flexibility index (Phi) is 4.77. The minimum absolute atomic E-state index is 0.254. The molecule has 0 fully saturated rings. The SMILES string of the molecule is COc1ccc(OC)c(C(=O)Nc2ccc(-c3cn4c(n3)SCC4)cc2)c1. The summed E-state index contributed by atoms with van der Waals surface area (Å²) in [7, 11) is 3.10. The Morgan fingerprint density at radius 2 is 1.96 bits per heavy atom. The Hall–Kier alpha value is -2.93. The van der Waals surface area contributed by atoms with Crippen molar-refractivity contribution in [2.75, 3.05) is 25.3 Å². The molecule has 0 unspecified atom stereocenters. The van der Waals surface area contributed by atoms with E-state index in [9.17, 15) is 4.79 Å². The van der Waals surface area contributed by atoms with Crippen LogP contribution in [-0.2, 0) is 6.54 Å². The number of ether oxygens (including phenoxy) is 2. The standard InChI is InChI=1S/C20H19N3O3S/c1-25-15-7-8-18(26-2)16(11-15)19(24)21-14-5-3-13(4-6-14)17-12-23-9-10-27-20(23)22-17/h3-8,11-12H,9-10H2,1-2H3,(H,21,24). The summed E-state index contributed by atoms with van der Waals surface area (Å²) < 4.78 is 12.7. The van der Waals surface area contributed by atoms with Crippen LogP contribution in [0.5, 0.6) is 11.5 Å². The molecule has 0 saturated heterocycles. The van der Waals surface area contributed by atoms with Gasteiger partial charge in [-0.3, -0.25) is 4.79 Å². The maximum atomic E-state index is 12.6. The number of hydrogen-bond acceptors (Lipinski definition) is 5. The lowest BCUT2D eigenvalue weighted by Crippen LogP contribution is -2.13. The van der Waals surface area contributed by atoms with E-state index in [1.807, 2.05) is 24.3 Å². The molecular formula is C20H19N3O3S. The van der Waals surface area contributed by atoms with Gasteiger partial charge in [0, 0.05) is 29.7 Å². The highest BCUT2D eigenvalue weighted by molar-refractivity contribution is 7.99. The number of benzene rings is 2. The predicted octanol–water partition coefficient (Wildman–Crippen LogP) is 3.93. The number of carbonyl (C=O) groups excluding carboxylic acids is 1. The summed E-state index contributed by atoms with van der Waals surface area (Å²) in [6, 6.07) is 12.8. The minimum Gasteiger partial charge on any atom is -0.497 e. The zero-order valence-electron chi connectivity index (χ0n) is 15.1. The number of fused-ring (bicyclic) bond motifs is 1. The quantitative estimate of drug-likeness (QED) is 0.726. The van der Waals surface area contributed by atoms with Crippen molar-refractivity contribution in [3.05, 3.63) is 54.2 Å². The van der Waals surface area contributed by atoms with Gasteiger partial charge in [0.2, 0.25) is 0 Å². The fraction of sp³-hybridized carbons (Fsp3) is 0.200. The highest BCUT2D eigenvalue weighted by Crippen LogP contribution is 2.30. The van der Waals surface area contributed by atoms with Crippen LogP contribution in [-0.4, -0.2) is 35.4 Å². The molecule has 0 saturated carbocycles. The van der Waals surface area contributed by atoms with Crippen LogP contribution in [0.1, 0.15) is 10.4 Å². The number of aromatic nitrogens is 2. The first-order valence-corrected chi connectivity index (χ1v) is 9.50. The van der Waals surface area contributed by atoms with Crippen LogP contribution >= 0.6 is 11.8 Å². The molecule has 7 heteroatoms. The van der Waals surface area contributed by atoms with Crippen molar-refractivity contribution in [2.24, 2.45) is 0 Å². The molecular weight excluding hydrogens is 362 g/mol. The average molecular weight is 381 g/mol. The molecule has 0 spiro atoms. The molecule has 1 aromatic heterocycles. The van der Waals surface area contributed by atoms with Gasteiger partial charge in [-0.15, -0.1) is 0 Å². The van der Waals surface area contributed by atoms with E-state index in [4.69, 9.17) is 9.47 Å². The molecule has 1 aliphatic rings. The molecule has 1 N–H and O–H groups in total. The molecule has 6 nitrogen and oxygen atoms in total. The van der Waals surface area contributed by atoms with Crippen LogP contribution in [0.2, 0.25) is 0 Å². The van der Waals surface area contributed by atoms with Crippen molar-refractivity contribution >= 4 is 23.4 Å². The lowest BCUT2D eigenvalue weighted by Gasteiger charge is -2.11. The van der Waals surface area contributed by atoms with E-state index in [1.165, 1.54) is 7.11 Å². The van der Waals surface area contributed by atoms with Gasteiger partial charge in [-0.05, 0) is 30.3 Å². The number of nitrogens with zero attached hydrogens (tertiary/aromatic N) is 2. The van der Waals surface area contributed by atoms with Gasteiger partial charge in [-0.25, -0.2) is 4.98 Å². The number of rotatable bonds is 5. The molecule has 2 aromatic carbocycles. The first-order chi connectivity index (χ1) is 13.2. The highest BCUT2D eigenvalue weighted by atomic mass is 32.2. The molecule has 4 rings (SSSR count). The second kappa shape index (κ2) is 7.36. The van der Waals surface area contributed by atoms with Gasteiger partial charge in [0.1, 0.15) is 11.5 Å². The molecule has 0 bridgehead atoms. The number of methoxy groups -OCH3 is 2. The fourth-order valence-corrected chi connectivity index (χ4v) is 3.91. The summed E-state index contributed by atoms with van der Waals surface area (Å²) in [6.07, 6.45) is 2.07. The summed E-state index contributed by atoms with van der Waals surface area (Å²) in [5, 5.41) is 3.96. The third-order valence-corrected chi connectivity index (χ3v) is 5.36. The summed E-state index contributed by atoms with van der Waals surface area (Å²) in [6.45, 7) is 1.00. The van der Waals surface area contributed by atoms with Gasteiger partial charge in [0.15, 0.2) is 5.16 Å². The van der Waals surface area contributed by atoms with Gasteiger partial charge in [0.25, 0.3) is 5.91 Å². The van der Waals surface area contributed by atoms with Crippen LogP contribution in [0.4, 0.5) is 5.69 Å². The van der Waals surface area contributed by atoms with Crippen LogP contribution < -0.4 is 14.8 Å². The molecule has 1 amide bonds. The molecule has 0 radical (unpaired) electrons. The van der Waals surface area contributed by atoms with E-state index >= 15 is 0 Å². The summed E-state index contributed by atoms with van der Waals surface area (Å²) >= 11 is 1.77. The van der Waals surface area contributed by atoms with Gasteiger partial charge in [-0.2, -0.15) is 0 Å². The van der Waals surface area contributed by atoms with E-state index < -0.39 is 0 Å². The number of aryl methyl sites for hydroxylation is 1. The van der Waals surface area contributed by atoms with E-state index in [2.05, 4.69) is 21.1 Å². The fourth-order valence-electron chi connectivity index (χ4n) is 2.96. The number of imidazole rings is 1. The van der Waals surface area contributed by atoms with Crippen molar-refractivity contribution in [3.63, 3.8) is 0 Å². The van der Waals surface area contributed by atoms with Gasteiger partial charge < -0.3 is 19.4 Å². The third kappa shape index (κ3) is 3.50. The van der Waals surface area contributed by atoms with Crippen molar-refractivity contribution in [1.82, 2.24) is 9.55 Å². The third-order valence-electron chi connectivity index (χ3n) is 4.39. The number of thioether (sulfide) groups is 1. The molecule has 2 heterocycles. The van der Waals surface area contributed by atoms with Crippen LogP contribution in [0.15, 0.2) is 53.8 Å². The lowest BCUT2D eigenvalue weighted by atomic mass is 10.1. The van der Waals surface area contributed by atoms with E-state index in [0.717, 1.165) is 28.7 Å². The first-order valence-electron chi connectivity index (χ1n) is 8.51.